The zero-order chi connectivity index (χ0) is 11.1. The Morgan fingerprint density at radius 2 is 2.13 bits per heavy atom. The van der Waals surface area contributed by atoms with Gasteiger partial charge < -0.3 is 5.11 Å². The highest BCUT2D eigenvalue weighted by Gasteiger charge is 2.07. The maximum atomic E-state index is 9.88. The molecule has 1 atom stereocenters. The molecule has 0 aliphatic rings. The van der Waals surface area contributed by atoms with Gasteiger partial charge in [0.25, 0.3) is 0 Å². The summed E-state index contributed by atoms with van der Waals surface area (Å²) in [7, 11) is 0. The number of nitrogens with zero attached hydrogens (tertiary/aromatic N) is 1. The van der Waals surface area contributed by atoms with Crippen LogP contribution in [0, 0.1) is 6.92 Å². The molecule has 0 radical (unpaired) electrons. The molecule has 84 valence electrons. The zero-order valence-corrected chi connectivity index (χ0v) is 9.74. The fraction of sp³-hybridized carbons (Fsp3) is 0.615. The third kappa shape index (κ3) is 4.43. The molecule has 0 fully saturated rings. The van der Waals surface area contributed by atoms with Crippen molar-refractivity contribution in [3.8, 4) is 0 Å². The Hall–Kier alpha value is -0.890. The molecule has 1 heterocycles. The molecule has 0 bridgehead atoms. The van der Waals surface area contributed by atoms with E-state index in [4.69, 9.17) is 0 Å². The quantitative estimate of drug-likeness (QED) is 0.725. The molecule has 15 heavy (non-hydrogen) atoms. The summed E-state index contributed by atoms with van der Waals surface area (Å²) in [5, 5.41) is 9.88. The number of rotatable bonds is 6. The molecule has 1 aromatic rings. The summed E-state index contributed by atoms with van der Waals surface area (Å²) in [5.41, 5.74) is 1.97. The van der Waals surface area contributed by atoms with Gasteiger partial charge in [-0.15, -0.1) is 0 Å². The Morgan fingerprint density at radius 1 is 1.33 bits per heavy atom. The van der Waals surface area contributed by atoms with Gasteiger partial charge in [0.1, 0.15) is 0 Å². The lowest BCUT2D eigenvalue weighted by molar-refractivity contribution is 0.158. The number of aryl methyl sites for hydroxylation is 1. The summed E-state index contributed by atoms with van der Waals surface area (Å²) in [4.78, 5) is 4.19. The molecule has 0 aliphatic heterocycles. The van der Waals surface area contributed by atoms with Crippen molar-refractivity contribution in [1.29, 1.82) is 0 Å². The van der Waals surface area contributed by atoms with Crippen LogP contribution in [-0.4, -0.2) is 10.1 Å². The Bertz CT molecular complexity index is 286. The first-order chi connectivity index (χ1) is 7.24. The van der Waals surface area contributed by atoms with Crippen LogP contribution in [0.25, 0.3) is 0 Å². The fourth-order valence-electron chi connectivity index (χ4n) is 1.65. The Labute approximate surface area is 92.4 Å². The maximum absolute atomic E-state index is 9.88. The molecule has 1 aromatic heterocycles. The number of aliphatic hydroxyl groups is 1. The molecule has 1 rings (SSSR count). The van der Waals surface area contributed by atoms with Gasteiger partial charge in [0.15, 0.2) is 0 Å². The highest BCUT2D eigenvalue weighted by atomic mass is 16.3. The Kier molecular flexibility index (Phi) is 5.33. The molecule has 0 aliphatic carbocycles. The van der Waals surface area contributed by atoms with E-state index < -0.39 is 0 Å². The van der Waals surface area contributed by atoms with Crippen molar-refractivity contribution in [3.63, 3.8) is 0 Å². The summed E-state index contributed by atoms with van der Waals surface area (Å²) in [6.07, 6.45) is 6.99. The molecular weight excluding hydrogens is 186 g/mol. The SMILES string of the molecule is CCCCCCC(O)c1cc(C)ccn1. The van der Waals surface area contributed by atoms with Crippen LogP contribution in [0.2, 0.25) is 0 Å². The lowest BCUT2D eigenvalue weighted by Crippen LogP contribution is -2.00. The molecule has 0 aromatic carbocycles. The lowest BCUT2D eigenvalue weighted by Gasteiger charge is -2.10. The molecule has 0 amide bonds. The van der Waals surface area contributed by atoms with E-state index >= 15 is 0 Å². The molecule has 0 saturated heterocycles. The van der Waals surface area contributed by atoms with Crippen LogP contribution in [0.5, 0.6) is 0 Å². The van der Waals surface area contributed by atoms with E-state index in [0.717, 1.165) is 24.1 Å². The average Bonchev–Trinajstić information content (AvgIpc) is 2.24. The van der Waals surface area contributed by atoms with Crippen molar-refractivity contribution in [2.45, 2.75) is 52.1 Å². The fourth-order valence-corrected chi connectivity index (χ4v) is 1.65. The number of aromatic nitrogens is 1. The number of unbranched alkanes of at least 4 members (excludes halogenated alkanes) is 3. The molecule has 2 nitrogen and oxygen atoms in total. The second kappa shape index (κ2) is 6.57. The number of hydrogen-bond acceptors (Lipinski definition) is 2. The van der Waals surface area contributed by atoms with Crippen molar-refractivity contribution < 1.29 is 5.11 Å². The number of aliphatic hydroxyl groups excluding tert-OH is 1. The van der Waals surface area contributed by atoms with E-state index in [-0.39, 0.29) is 6.10 Å². The largest absolute Gasteiger partial charge is 0.387 e. The highest BCUT2D eigenvalue weighted by molar-refractivity contribution is 5.15. The van der Waals surface area contributed by atoms with Crippen LogP contribution in [0.1, 0.15) is 56.4 Å². The maximum Gasteiger partial charge on any atom is 0.0959 e. The van der Waals surface area contributed by atoms with Crippen LogP contribution < -0.4 is 0 Å². The van der Waals surface area contributed by atoms with E-state index in [1.165, 1.54) is 19.3 Å². The Balaban J connectivity index is 2.36. The van der Waals surface area contributed by atoms with E-state index in [9.17, 15) is 5.11 Å². The third-order valence-corrected chi connectivity index (χ3v) is 2.61. The van der Waals surface area contributed by atoms with E-state index in [1.807, 2.05) is 19.1 Å². The van der Waals surface area contributed by atoms with Crippen molar-refractivity contribution in [2.24, 2.45) is 0 Å². The van der Waals surface area contributed by atoms with E-state index in [2.05, 4.69) is 11.9 Å². The van der Waals surface area contributed by atoms with Gasteiger partial charge in [0.05, 0.1) is 11.8 Å². The topological polar surface area (TPSA) is 33.1 Å². The Morgan fingerprint density at radius 3 is 2.80 bits per heavy atom. The van der Waals surface area contributed by atoms with Crippen molar-refractivity contribution in [3.05, 3.63) is 29.6 Å². The minimum Gasteiger partial charge on any atom is -0.387 e. The second-order valence-corrected chi connectivity index (χ2v) is 4.12. The van der Waals surface area contributed by atoms with Gasteiger partial charge in [-0.1, -0.05) is 32.6 Å². The summed E-state index contributed by atoms with van der Waals surface area (Å²) in [6, 6.07) is 3.91. The second-order valence-electron chi connectivity index (χ2n) is 4.12. The molecule has 1 unspecified atom stereocenters. The van der Waals surface area contributed by atoms with Crippen LogP contribution in [0.4, 0.5) is 0 Å². The van der Waals surface area contributed by atoms with Crippen LogP contribution in [0.15, 0.2) is 18.3 Å². The molecule has 1 N–H and O–H groups in total. The summed E-state index contributed by atoms with van der Waals surface area (Å²) < 4.78 is 0. The van der Waals surface area contributed by atoms with Crippen LogP contribution in [-0.2, 0) is 0 Å². The normalized spacial score (nSPS) is 12.7. The van der Waals surface area contributed by atoms with E-state index in [0.29, 0.717) is 0 Å². The third-order valence-electron chi connectivity index (χ3n) is 2.61. The van der Waals surface area contributed by atoms with Crippen molar-refractivity contribution in [1.82, 2.24) is 4.98 Å². The van der Waals surface area contributed by atoms with Gasteiger partial charge in [-0.25, -0.2) is 0 Å². The minimum absolute atomic E-state index is 0.387. The first-order valence-corrected chi connectivity index (χ1v) is 5.84. The van der Waals surface area contributed by atoms with Gasteiger partial charge in [0, 0.05) is 6.20 Å². The predicted octanol–water partition coefficient (Wildman–Crippen LogP) is 3.39. The van der Waals surface area contributed by atoms with Crippen molar-refractivity contribution in [2.75, 3.05) is 0 Å². The zero-order valence-electron chi connectivity index (χ0n) is 9.74. The lowest BCUT2D eigenvalue weighted by atomic mass is 10.1. The minimum atomic E-state index is -0.387. The monoisotopic (exact) mass is 207 g/mol. The first kappa shape index (κ1) is 12.2. The van der Waals surface area contributed by atoms with Crippen LogP contribution in [0.3, 0.4) is 0 Å². The van der Waals surface area contributed by atoms with Crippen molar-refractivity contribution >= 4 is 0 Å². The predicted molar refractivity (Wildman–Crippen MR) is 62.7 cm³/mol. The van der Waals surface area contributed by atoms with Gasteiger partial charge in [0.2, 0.25) is 0 Å². The van der Waals surface area contributed by atoms with Gasteiger partial charge in [-0.2, -0.15) is 0 Å². The van der Waals surface area contributed by atoms with Gasteiger partial charge in [-0.05, 0) is 31.0 Å². The van der Waals surface area contributed by atoms with Crippen LogP contribution >= 0.6 is 0 Å². The van der Waals surface area contributed by atoms with Gasteiger partial charge in [-0.3, -0.25) is 4.98 Å². The smallest absolute Gasteiger partial charge is 0.0959 e. The van der Waals surface area contributed by atoms with E-state index in [1.54, 1.807) is 6.20 Å². The molecule has 2 heteroatoms. The molecular formula is C13H21NO. The van der Waals surface area contributed by atoms with Gasteiger partial charge >= 0.3 is 0 Å². The molecule has 0 saturated carbocycles. The summed E-state index contributed by atoms with van der Waals surface area (Å²) in [5.74, 6) is 0. The standard InChI is InChI=1S/C13H21NO/c1-3-4-5-6-7-13(15)12-10-11(2)8-9-14-12/h8-10,13,15H,3-7H2,1-2H3. The first-order valence-electron chi connectivity index (χ1n) is 5.84. The highest BCUT2D eigenvalue weighted by Crippen LogP contribution is 2.18. The summed E-state index contributed by atoms with van der Waals surface area (Å²) in [6.45, 7) is 4.22. The summed E-state index contributed by atoms with van der Waals surface area (Å²) >= 11 is 0. The number of hydrogen-bond donors (Lipinski definition) is 1. The molecule has 0 spiro atoms. The average molecular weight is 207 g/mol. The number of pyridine rings is 1.